The Morgan fingerprint density at radius 3 is 2.75 bits per heavy atom. The van der Waals surface area contributed by atoms with Crippen LogP contribution < -0.4 is 10.5 Å². The second-order valence-electron chi connectivity index (χ2n) is 5.19. The normalized spacial score (nSPS) is 12.2. The predicted octanol–water partition coefficient (Wildman–Crippen LogP) is 3.60. The molecule has 0 aromatic heterocycles. The number of rotatable bonds is 5. The molecule has 0 aliphatic rings. The molecular weight excluding hydrogens is 253 g/mol. The molecule has 0 saturated carbocycles. The van der Waals surface area contributed by atoms with Crippen LogP contribution in [0.4, 0.5) is 4.39 Å². The predicted molar refractivity (Wildman–Crippen MR) is 79.3 cm³/mol. The minimum Gasteiger partial charge on any atom is -0.489 e. The number of hydrogen-bond donors (Lipinski definition) is 1. The van der Waals surface area contributed by atoms with Crippen LogP contribution in [0.3, 0.4) is 0 Å². The lowest BCUT2D eigenvalue weighted by Gasteiger charge is -2.11. The number of ether oxygens (including phenoxy) is 1. The maximum atomic E-state index is 13.2. The zero-order chi connectivity index (χ0) is 14.5. The Hall–Kier alpha value is -1.87. The minimum atomic E-state index is -0.236. The quantitative estimate of drug-likeness (QED) is 0.903. The number of benzene rings is 2. The molecule has 0 radical (unpaired) electrons. The van der Waals surface area contributed by atoms with Gasteiger partial charge in [-0.1, -0.05) is 18.2 Å². The fourth-order valence-electron chi connectivity index (χ4n) is 2.09. The summed E-state index contributed by atoms with van der Waals surface area (Å²) < 4.78 is 19.0. The zero-order valence-electron chi connectivity index (χ0n) is 11.9. The second kappa shape index (κ2) is 6.53. The van der Waals surface area contributed by atoms with Crippen LogP contribution in [0.1, 0.15) is 23.6 Å². The van der Waals surface area contributed by atoms with Gasteiger partial charge in [0, 0.05) is 6.04 Å². The summed E-state index contributed by atoms with van der Waals surface area (Å²) in [5.41, 5.74) is 8.83. The molecule has 106 valence electrons. The van der Waals surface area contributed by atoms with Crippen LogP contribution in [0.15, 0.2) is 42.5 Å². The molecule has 20 heavy (non-hydrogen) atoms. The Morgan fingerprint density at radius 1 is 1.20 bits per heavy atom. The van der Waals surface area contributed by atoms with Crippen molar-refractivity contribution < 1.29 is 9.13 Å². The van der Waals surface area contributed by atoms with Gasteiger partial charge in [0.25, 0.3) is 0 Å². The van der Waals surface area contributed by atoms with E-state index in [1.165, 1.54) is 12.1 Å². The average Bonchev–Trinajstić information content (AvgIpc) is 2.39. The summed E-state index contributed by atoms with van der Waals surface area (Å²) in [6.45, 7) is 4.29. The first-order valence-electron chi connectivity index (χ1n) is 6.77. The lowest BCUT2D eigenvalue weighted by atomic mass is 10.1. The molecule has 0 aliphatic carbocycles. The summed E-state index contributed by atoms with van der Waals surface area (Å²) in [5, 5.41) is 0. The standard InChI is InChI=1S/C17H20FNO/c1-12-6-7-16(18)10-15(12)11-20-17-5-3-4-14(9-17)8-13(2)19/h3-7,9-10,13H,8,11,19H2,1-2H3. The van der Waals surface area contributed by atoms with Gasteiger partial charge < -0.3 is 10.5 Å². The molecule has 2 nitrogen and oxygen atoms in total. The number of nitrogens with two attached hydrogens (primary N) is 1. The second-order valence-corrected chi connectivity index (χ2v) is 5.19. The van der Waals surface area contributed by atoms with Crippen molar-refractivity contribution >= 4 is 0 Å². The van der Waals surface area contributed by atoms with Crippen molar-refractivity contribution in [1.82, 2.24) is 0 Å². The maximum absolute atomic E-state index is 13.2. The SMILES string of the molecule is Cc1ccc(F)cc1COc1cccc(CC(C)N)c1. The smallest absolute Gasteiger partial charge is 0.123 e. The lowest BCUT2D eigenvalue weighted by Crippen LogP contribution is -2.17. The Bertz CT molecular complexity index is 581. The third-order valence-electron chi connectivity index (χ3n) is 3.16. The molecule has 0 spiro atoms. The summed E-state index contributed by atoms with van der Waals surface area (Å²) in [6.07, 6.45) is 0.816. The topological polar surface area (TPSA) is 35.2 Å². The molecule has 0 aliphatic heterocycles. The van der Waals surface area contributed by atoms with Gasteiger partial charge in [0.05, 0.1) is 0 Å². The highest BCUT2D eigenvalue weighted by atomic mass is 19.1. The van der Waals surface area contributed by atoms with Crippen molar-refractivity contribution in [2.24, 2.45) is 5.73 Å². The third kappa shape index (κ3) is 4.07. The molecule has 1 unspecified atom stereocenters. The van der Waals surface area contributed by atoms with E-state index in [-0.39, 0.29) is 11.9 Å². The van der Waals surface area contributed by atoms with Crippen molar-refractivity contribution in [3.63, 3.8) is 0 Å². The van der Waals surface area contributed by atoms with Gasteiger partial charge in [0.2, 0.25) is 0 Å². The van der Waals surface area contributed by atoms with Gasteiger partial charge in [-0.15, -0.1) is 0 Å². The van der Waals surface area contributed by atoms with Gasteiger partial charge in [0.15, 0.2) is 0 Å². The Balaban J connectivity index is 2.05. The highest BCUT2D eigenvalue weighted by Gasteiger charge is 2.03. The van der Waals surface area contributed by atoms with Gasteiger partial charge in [-0.05, 0) is 61.2 Å². The van der Waals surface area contributed by atoms with E-state index in [0.29, 0.717) is 6.61 Å². The molecule has 1 atom stereocenters. The van der Waals surface area contributed by atoms with Crippen LogP contribution in [-0.2, 0) is 13.0 Å². The van der Waals surface area contributed by atoms with Gasteiger partial charge in [-0.2, -0.15) is 0 Å². The summed E-state index contributed by atoms with van der Waals surface area (Å²) in [7, 11) is 0. The molecular formula is C17H20FNO. The van der Waals surface area contributed by atoms with E-state index in [9.17, 15) is 4.39 Å². The van der Waals surface area contributed by atoms with Crippen molar-refractivity contribution in [3.05, 3.63) is 65.0 Å². The van der Waals surface area contributed by atoms with E-state index in [1.54, 1.807) is 6.07 Å². The van der Waals surface area contributed by atoms with Crippen molar-refractivity contribution in [2.45, 2.75) is 32.9 Å². The minimum absolute atomic E-state index is 0.121. The van der Waals surface area contributed by atoms with Crippen LogP contribution in [-0.4, -0.2) is 6.04 Å². The van der Waals surface area contributed by atoms with E-state index in [0.717, 1.165) is 28.9 Å². The van der Waals surface area contributed by atoms with E-state index in [4.69, 9.17) is 10.5 Å². The molecule has 2 N–H and O–H groups in total. The number of hydrogen-bond acceptors (Lipinski definition) is 2. The first-order chi connectivity index (χ1) is 9.54. The molecule has 2 rings (SSSR count). The summed E-state index contributed by atoms with van der Waals surface area (Å²) in [5.74, 6) is 0.548. The van der Waals surface area contributed by atoms with Gasteiger partial charge >= 0.3 is 0 Å². The molecule has 2 aromatic carbocycles. The van der Waals surface area contributed by atoms with E-state index >= 15 is 0 Å². The van der Waals surface area contributed by atoms with Crippen LogP contribution >= 0.6 is 0 Å². The highest BCUT2D eigenvalue weighted by Crippen LogP contribution is 2.18. The molecule has 0 fully saturated rings. The highest BCUT2D eigenvalue weighted by molar-refractivity contribution is 5.30. The summed E-state index contributed by atoms with van der Waals surface area (Å²) in [4.78, 5) is 0. The fraction of sp³-hybridized carbons (Fsp3) is 0.294. The number of aryl methyl sites for hydroxylation is 1. The van der Waals surface area contributed by atoms with E-state index in [2.05, 4.69) is 0 Å². The Kier molecular flexibility index (Phi) is 4.74. The molecule has 0 amide bonds. The van der Waals surface area contributed by atoms with Crippen LogP contribution in [0.2, 0.25) is 0 Å². The first-order valence-corrected chi connectivity index (χ1v) is 6.77. The Labute approximate surface area is 119 Å². The third-order valence-corrected chi connectivity index (χ3v) is 3.16. The van der Waals surface area contributed by atoms with Crippen LogP contribution in [0.25, 0.3) is 0 Å². The average molecular weight is 273 g/mol. The summed E-state index contributed by atoms with van der Waals surface area (Å²) in [6, 6.07) is 12.7. The monoisotopic (exact) mass is 273 g/mol. The van der Waals surface area contributed by atoms with E-state index in [1.807, 2.05) is 38.1 Å². The number of halogens is 1. The van der Waals surface area contributed by atoms with E-state index < -0.39 is 0 Å². The maximum Gasteiger partial charge on any atom is 0.123 e. The molecule has 3 heteroatoms. The Morgan fingerprint density at radius 2 is 2.00 bits per heavy atom. The molecule has 0 bridgehead atoms. The summed E-state index contributed by atoms with van der Waals surface area (Å²) >= 11 is 0. The van der Waals surface area contributed by atoms with Gasteiger partial charge in [-0.25, -0.2) is 4.39 Å². The lowest BCUT2D eigenvalue weighted by molar-refractivity contribution is 0.304. The van der Waals surface area contributed by atoms with Crippen molar-refractivity contribution in [3.8, 4) is 5.75 Å². The zero-order valence-corrected chi connectivity index (χ0v) is 11.9. The van der Waals surface area contributed by atoms with Crippen LogP contribution in [0, 0.1) is 12.7 Å². The molecule has 0 saturated heterocycles. The molecule has 2 aromatic rings. The van der Waals surface area contributed by atoms with Crippen molar-refractivity contribution in [1.29, 1.82) is 0 Å². The van der Waals surface area contributed by atoms with Crippen molar-refractivity contribution in [2.75, 3.05) is 0 Å². The first kappa shape index (κ1) is 14.5. The van der Waals surface area contributed by atoms with Gasteiger partial charge in [0.1, 0.15) is 18.2 Å². The molecule has 0 heterocycles. The van der Waals surface area contributed by atoms with Crippen LogP contribution in [0.5, 0.6) is 5.75 Å². The van der Waals surface area contributed by atoms with Gasteiger partial charge in [-0.3, -0.25) is 0 Å². The largest absolute Gasteiger partial charge is 0.489 e. The fourth-order valence-corrected chi connectivity index (χ4v) is 2.09.